The first-order valence-corrected chi connectivity index (χ1v) is 11.3. The third kappa shape index (κ3) is 8.77. The topological polar surface area (TPSA) is 103 Å². The molecule has 1 aliphatic rings. The highest BCUT2D eigenvalue weighted by Crippen LogP contribution is 2.48. The minimum absolute atomic E-state index is 0.0823. The van der Waals surface area contributed by atoms with Crippen LogP contribution in [0.1, 0.15) is 65.4 Å². The average Bonchev–Trinajstić information content (AvgIpc) is 2.67. The van der Waals surface area contributed by atoms with Gasteiger partial charge in [-0.2, -0.15) is 0 Å². The fourth-order valence-electron chi connectivity index (χ4n) is 4.07. The molecule has 2 atom stereocenters. The lowest BCUT2D eigenvalue weighted by Gasteiger charge is -2.45. The molecule has 1 aliphatic carbocycles. The van der Waals surface area contributed by atoms with E-state index in [1.807, 2.05) is 58.0 Å². The van der Waals surface area contributed by atoms with E-state index in [1.165, 1.54) is 6.42 Å². The average molecular weight is 434 g/mol. The second kappa shape index (κ2) is 11.4. The van der Waals surface area contributed by atoms with E-state index >= 15 is 0 Å². The molecule has 4 N–H and O–H groups in total. The van der Waals surface area contributed by atoms with Crippen molar-refractivity contribution in [1.29, 1.82) is 0 Å². The van der Waals surface area contributed by atoms with Gasteiger partial charge in [0.25, 0.3) is 0 Å². The standard InChI is InChI=1S/C24H39N3O4/c1-18(27-22(29)31-23(2,3)4)20(16-25)15-24(11-8-12-24)13-14-26-21(28)30-17-19-9-6-5-7-10-19/h5-7,9-10,18,20H,8,11-17,25H2,1-4H3,(H,26,28)(H,27,29)/t18-,20+/m1/s1. The van der Waals surface area contributed by atoms with Crippen molar-refractivity contribution in [3.05, 3.63) is 35.9 Å². The maximum absolute atomic E-state index is 12.1. The number of nitrogens with one attached hydrogen (secondary N) is 2. The Kier molecular flexibility index (Phi) is 9.16. The normalized spacial score (nSPS) is 17.1. The van der Waals surface area contributed by atoms with Gasteiger partial charge in [-0.1, -0.05) is 36.8 Å². The second-order valence-electron chi connectivity index (χ2n) is 9.73. The molecule has 2 amide bonds. The van der Waals surface area contributed by atoms with Gasteiger partial charge in [-0.05, 0) is 76.8 Å². The van der Waals surface area contributed by atoms with Gasteiger partial charge >= 0.3 is 12.2 Å². The predicted molar refractivity (Wildman–Crippen MR) is 122 cm³/mol. The van der Waals surface area contributed by atoms with Gasteiger partial charge in [0.15, 0.2) is 0 Å². The number of hydrogen-bond acceptors (Lipinski definition) is 5. The summed E-state index contributed by atoms with van der Waals surface area (Å²) in [6.45, 7) is 8.84. The van der Waals surface area contributed by atoms with Crippen LogP contribution >= 0.6 is 0 Å². The van der Waals surface area contributed by atoms with E-state index in [0.717, 1.165) is 31.2 Å². The summed E-state index contributed by atoms with van der Waals surface area (Å²) in [5.74, 6) is 0.151. The Morgan fingerprint density at radius 3 is 2.39 bits per heavy atom. The number of ether oxygens (including phenoxy) is 2. The number of alkyl carbamates (subject to hydrolysis) is 2. The second-order valence-corrected chi connectivity index (χ2v) is 9.73. The molecule has 0 aliphatic heterocycles. The zero-order valence-electron chi connectivity index (χ0n) is 19.4. The van der Waals surface area contributed by atoms with Crippen molar-refractivity contribution >= 4 is 12.2 Å². The molecule has 1 fully saturated rings. The number of carbonyl (C=O) groups is 2. The summed E-state index contributed by atoms with van der Waals surface area (Å²) in [7, 11) is 0. The number of hydrogen-bond donors (Lipinski definition) is 3. The van der Waals surface area contributed by atoms with Crippen molar-refractivity contribution < 1.29 is 19.1 Å². The summed E-state index contributed by atoms with van der Waals surface area (Å²) < 4.78 is 10.7. The third-order valence-electron chi connectivity index (χ3n) is 6.00. The molecule has 7 heteroatoms. The first kappa shape index (κ1) is 25.0. The number of nitrogens with two attached hydrogens (primary N) is 1. The van der Waals surface area contributed by atoms with Gasteiger partial charge in [0, 0.05) is 12.6 Å². The highest BCUT2D eigenvalue weighted by Gasteiger charge is 2.39. The van der Waals surface area contributed by atoms with Crippen molar-refractivity contribution in [2.24, 2.45) is 17.1 Å². The molecule has 0 aromatic heterocycles. The van der Waals surface area contributed by atoms with Crippen molar-refractivity contribution in [2.75, 3.05) is 13.1 Å². The summed E-state index contributed by atoms with van der Waals surface area (Å²) in [6, 6.07) is 9.54. The molecule has 0 heterocycles. The predicted octanol–water partition coefficient (Wildman–Crippen LogP) is 4.35. The van der Waals surface area contributed by atoms with E-state index < -0.39 is 17.8 Å². The van der Waals surface area contributed by atoms with E-state index in [2.05, 4.69) is 10.6 Å². The van der Waals surface area contributed by atoms with E-state index in [1.54, 1.807) is 0 Å². The monoisotopic (exact) mass is 433 g/mol. The van der Waals surface area contributed by atoms with E-state index in [-0.39, 0.29) is 24.0 Å². The maximum atomic E-state index is 12.1. The van der Waals surface area contributed by atoms with Gasteiger partial charge in [-0.3, -0.25) is 0 Å². The van der Waals surface area contributed by atoms with Gasteiger partial charge in [0.1, 0.15) is 12.2 Å². The van der Waals surface area contributed by atoms with Crippen molar-refractivity contribution in [2.45, 2.75) is 78.0 Å². The van der Waals surface area contributed by atoms with Crippen LogP contribution in [0, 0.1) is 11.3 Å². The van der Waals surface area contributed by atoms with Crippen LogP contribution < -0.4 is 16.4 Å². The Balaban J connectivity index is 1.77. The summed E-state index contributed by atoms with van der Waals surface area (Å²) in [6.07, 6.45) is 4.40. The van der Waals surface area contributed by atoms with Gasteiger partial charge < -0.3 is 25.8 Å². The lowest BCUT2D eigenvalue weighted by atomic mass is 9.61. The molecule has 174 valence electrons. The zero-order chi connectivity index (χ0) is 22.9. The summed E-state index contributed by atoms with van der Waals surface area (Å²) >= 11 is 0. The Hall–Kier alpha value is -2.28. The SMILES string of the molecule is C[C@@H](NC(=O)OC(C)(C)C)[C@H](CN)CC1(CCNC(=O)OCc2ccccc2)CCC1. The molecular formula is C24H39N3O4. The third-order valence-corrected chi connectivity index (χ3v) is 6.00. The molecule has 0 radical (unpaired) electrons. The minimum atomic E-state index is -0.530. The van der Waals surface area contributed by atoms with Crippen LogP contribution in [0.3, 0.4) is 0 Å². The summed E-state index contributed by atoms with van der Waals surface area (Å²) in [5.41, 5.74) is 6.64. The van der Waals surface area contributed by atoms with E-state index in [4.69, 9.17) is 15.2 Å². The van der Waals surface area contributed by atoms with Crippen LogP contribution in [0.15, 0.2) is 30.3 Å². The molecule has 7 nitrogen and oxygen atoms in total. The molecule has 31 heavy (non-hydrogen) atoms. The molecular weight excluding hydrogens is 394 g/mol. The Morgan fingerprint density at radius 2 is 1.84 bits per heavy atom. The Morgan fingerprint density at radius 1 is 1.16 bits per heavy atom. The molecule has 1 aromatic rings. The highest BCUT2D eigenvalue weighted by atomic mass is 16.6. The van der Waals surface area contributed by atoms with E-state index in [0.29, 0.717) is 13.1 Å². The molecule has 1 saturated carbocycles. The quantitative estimate of drug-likeness (QED) is 0.509. The summed E-state index contributed by atoms with van der Waals surface area (Å²) in [4.78, 5) is 24.1. The van der Waals surface area contributed by atoms with Crippen LogP contribution in [0.4, 0.5) is 9.59 Å². The fraction of sp³-hybridized carbons (Fsp3) is 0.667. The number of benzene rings is 1. The lowest BCUT2D eigenvalue weighted by molar-refractivity contribution is 0.0433. The van der Waals surface area contributed by atoms with Crippen molar-refractivity contribution in [1.82, 2.24) is 10.6 Å². The first-order chi connectivity index (χ1) is 14.6. The van der Waals surface area contributed by atoms with Crippen LogP contribution in [0.25, 0.3) is 0 Å². The molecule has 2 rings (SSSR count). The minimum Gasteiger partial charge on any atom is -0.445 e. The number of carbonyl (C=O) groups excluding carboxylic acids is 2. The number of amides is 2. The van der Waals surface area contributed by atoms with Gasteiger partial charge in [-0.15, -0.1) is 0 Å². The molecule has 0 bridgehead atoms. The molecule has 0 unspecified atom stereocenters. The van der Waals surface area contributed by atoms with Gasteiger partial charge in [0.2, 0.25) is 0 Å². The van der Waals surface area contributed by atoms with Crippen molar-refractivity contribution in [3.63, 3.8) is 0 Å². The van der Waals surface area contributed by atoms with Crippen LogP contribution in [0.5, 0.6) is 0 Å². The Labute approximate surface area is 186 Å². The van der Waals surface area contributed by atoms with Gasteiger partial charge in [0.05, 0.1) is 0 Å². The first-order valence-electron chi connectivity index (χ1n) is 11.3. The van der Waals surface area contributed by atoms with Crippen LogP contribution in [-0.2, 0) is 16.1 Å². The Bertz CT molecular complexity index is 699. The van der Waals surface area contributed by atoms with Gasteiger partial charge in [-0.25, -0.2) is 9.59 Å². The largest absolute Gasteiger partial charge is 0.445 e. The maximum Gasteiger partial charge on any atom is 0.407 e. The molecule has 0 saturated heterocycles. The lowest BCUT2D eigenvalue weighted by Crippen LogP contribution is -2.46. The fourth-order valence-corrected chi connectivity index (χ4v) is 4.07. The molecule has 1 aromatic carbocycles. The van der Waals surface area contributed by atoms with Crippen LogP contribution in [-0.4, -0.2) is 36.9 Å². The van der Waals surface area contributed by atoms with Crippen molar-refractivity contribution in [3.8, 4) is 0 Å². The zero-order valence-corrected chi connectivity index (χ0v) is 19.4. The molecule has 0 spiro atoms. The smallest absolute Gasteiger partial charge is 0.407 e. The van der Waals surface area contributed by atoms with E-state index in [9.17, 15) is 9.59 Å². The summed E-state index contributed by atoms with van der Waals surface area (Å²) in [5, 5.41) is 5.81. The number of rotatable bonds is 10. The van der Waals surface area contributed by atoms with Crippen LogP contribution in [0.2, 0.25) is 0 Å². The highest BCUT2D eigenvalue weighted by molar-refractivity contribution is 5.68.